The van der Waals surface area contributed by atoms with Gasteiger partial charge in [-0.3, -0.25) is 4.79 Å². The van der Waals surface area contributed by atoms with Gasteiger partial charge >= 0.3 is 5.97 Å². The Morgan fingerprint density at radius 3 is 2.94 bits per heavy atom. The molecule has 1 aromatic carbocycles. The molecule has 0 spiro atoms. The van der Waals surface area contributed by atoms with Crippen molar-refractivity contribution in [3.8, 4) is 0 Å². The van der Waals surface area contributed by atoms with Crippen molar-refractivity contribution in [3.63, 3.8) is 0 Å². The van der Waals surface area contributed by atoms with E-state index in [1.165, 1.54) is 6.07 Å². The summed E-state index contributed by atoms with van der Waals surface area (Å²) in [6.07, 6.45) is 0.903. The summed E-state index contributed by atoms with van der Waals surface area (Å²) in [6, 6.07) is 4.58. The van der Waals surface area contributed by atoms with Gasteiger partial charge in [-0.05, 0) is 36.5 Å². The quantitative estimate of drug-likeness (QED) is 0.823. The van der Waals surface area contributed by atoms with E-state index in [1.807, 2.05) is 0 Å². The van der Waals surface area contributed by atoms with Crippen LogP contribution in [0.15, 0.2) is 18.2 Å². The molecule has 0 heterocycles. The van der Waals surface area contributed by atoms with Gasteiger partial charge in [-0.25, -0.2) is 4.39 Å². The van der Waals surface area contributed by atoms with Crippen LogP contribution in [-0.4, -0.2) is 16.2 Å². The molecule has 0 aromatic heterocycles. The van der Waals surface area contributed by atoms with Crippen molar-refractivity contribution in [2.24, 2.45) is 0 Å². The lowest BCUT2D eigenvalue weighted by molar-refractivity contribution is -0.138. The third-order valence-electron chi connectivity index (χ3n) is 3.16. The van der Waals surface area contributed by atoms with Crippen LogP contribution in [-0.2, 0) is 16.8 Å². The Bertz CT molecular complexity index is 430. The standard InChI is InChI=1S/C12H13FO3/c13-10-3-1-2-9-8(10)4-6-12(9,16)7-5-11(14)15/h1-3,16H,4-7H2,(H,14,15). The Morgan fingerprint density at radius 1 is 1.50 bits per heavy atom. The number of hydrogen-bond donors (Lipinski definition) is 2. The van der Waals surface area contributed by atoms with E-state index >= 15 is 0 Å². The third-order valence-corrected chi connectivity index (χ3v) is 3.16. The van der Waals surface area contributed by atoms with Crippen molar-refractivity contribution in [3.05, 3.63) is 35.1 Å². The van der Waals surface area contributed by atoms with Gasteiger partial charge in [0, 0.05) is 6.42 Å². The Hall–Kier alpha value is -1.42. The lowest BCUT2D eigenvalue weighted by Crippen LogP contribution is -2.23. The van der Waals surface area contributed by atoms with Gasteiger partial charge in [0.1, 0.15) is 5.82 Å². The third kappa shape index (κ3) is 1.80. The number of rotatable bonds is 3. The maximum absolute atomic E-state index is 13.4. The highest BCUT2D eigenvalue weighted by Gasteiger charge is 2.37. The van der Waals surface area contributed by atoms with Crippen molar-refractivity contribution >= 4 is 5.97 Å². The van der Waals surface area contributed by atoms with Crippen LogP contribution in [0.4, 0.5) is 4.39 Å². The molecule has 1 aliphatic carbocycles. The van der Waals surface area contributed by atoms with Crippen molar-refractivity contribution in [2.75, 3.05) is 0 Å². The van der Waals surface area contributed by atoms with E-state index in [-0.39, 0.29) is 18.7 Å². The van der Waals surface area contributed by atoms with Crippen molar-refractivity contribution in [1.82, 2.24) is 0 Å². The number of aliphatic hydroxyl groups is 1. The average Bonchev–Trinajstić information content (AvgIpc) is 2.57. The second kappa shape index (κ2) is 3.87. The predicted molar refractivity (Wildman–Crippen MR) is 55.5 cm³/mol. The first-order chi connectivity index (χ1) is 7.53. The minimum Gasteiger partial charge on any atom is -0.481 e. The van der Waals surface area contributed by atoms with Crippen LogP contribution in [0.1, 0.15) is 30.4 Å². The molecular formula is C12H13FO3. The highest BCUT2D eigenvalue weighted by atomic mass is 19.1. The summed E-state index contributed by atoms with van der Waals surface area (Å²) in [4.78, 5) is 10.5. The van der Waals surface area contributed by atoms with Gasteiger partial charge in [-0.15, -0.1) is 0 Å². The van der Waals surface area contributed by atoms with Gasteiger partial charge in [0.05, 0.1) is 5.60 Å². The summed E-state index contributed by atoms with van der Waals surface area (Å²) in [6.45, 7) is 0. The molecule has 1 atom stereocenters. The Kier molecular flexibility index (Phi) is 2.68. The van der Waals surface area contributed by atoms with Crippen molar-refractivity contribution in [1.29, 1.82) is 0 Å². The first-order valence-corrected chi connectivity index (χ1v) is 5.25. The van der Waals surface area contributed by atoms with E-state index in [0.29, 0.717) is 24.0 Å². The van der Waals surface area contributed by atoms with Crippen LogP contribution in [0.2, 0.25) is 0 Å². The number of aliphatic carboxylic acids is 1. The van der Waals surface area contributed by atoms with Gasteiger partial charge in [0.2, 0.25) is 0 Å². The van der Waals surface area contributed by atoms with Crippen LogP contribution < -0.4 is 0 Å². The minimum absolute atomic E-state index is 0.105. The monoisotopic (exact) mass is 224 g/mol. The van der Waals surface area contributed by atoms with E-state index in [1.54, 1.807) is 12.1 Å². The van der Waals surface area contributed by atoms with Crippen LogP contribution in [0, 0.1) is 5.82 Å². The van der Waals surface area contributed by atoms with Gasteiger partial charge in [-0.1, -0.05) is 12.1 Å². The molecule has 0 fully saturated rings. The Balaban J connectivity index is 2.28. The maximum atomic E-state index is 13.4. The first kappa shape index (κ1) is 11.1. The normalized spacial score (nSPS) is 23.1. The number of carbonyl (C=O) groups is 1. The fourth-order valence-corrected chi connectivity index (χ4v) is 2.29. The number of hydrogen-bond acceptors (Lipinski definition) is 2. The van der Waals surface area contributed by atoms with Gasteiger partial charge in [0.25, 0.3) is 0 Å². The molecule has 1 aromatic rings. The molecular weight excluding hydrogens is 211 g/mol. The maximum Gasteiger partial charge on any atom is 0.303 e. The number of benzene rings is 1. The average molecular weight is 224 g/mol. The van der Waals surface area contributed by atoms with Gasteiger partial charge in [0.15, 0.2) is 0 Å². The Labute approximate surface area is 92.5 Å². The highest BCUT2D eigenvalue weighted by molar-refractivity contribution is 5.66. The van der Waals surface area contributed by atoms with E-state index < -0.39 is 11.6 Å². The zero-order valence-electron chi connectivity index (χ0n) is 8.74. The van der Waals surface area contributed by atoms with Gasteiger partial charge in [-0.2, -0.15) is 0 Å². The Morgan fingerprint density at radius 2 is 2.25 bits per heavy atom. The molecule has 86 valence electrons. The summed E-state index contributed by atoms with van der Waals surface area (Å²) in [5.41, 5.74) is -0.0975. The molecule has 1 aliphatic rings. The molecule has 0 bridgehead atoms. The van der Waals surface area contributed by atoms with Crippen molar-refractivity contribution in [2.45, 2.75) is 31.3 Å². The fourth-order valence-electron chi connectivity index (χ4n) is 2.29. The fraction of sp³-hybridized carbons (Fsp3) is 0.417. The van der Waals surface area contributed by atoms with Crippen LogP contribution >= 0.6 is 0 Å². The topological polar surface area (TPSA) is 57.5 Å². The summed E-state index contributed by atoms with van der Waals surface area (Å²) in [5.74, 6) is -1.26. The summed E-state index contributed by atoms with van der Waals surface area (Å²) < 4.78 is 13.4. The predicted octanol–water partition coefficient (Wildman–Crippen LogP) is 1.82. The smallest absolute Gasteiger partial charge is 0.303 e. The number of halogens is 1. The molecule has 0 radical (unpaired) electrons. The molecule has 1 unspecified atom stereocenters. The van der Waals surface area contributed by atoms with Crippen LogP contribution in [0.3, 0.4) is 0 Å². The lowest BCUT2D eigenvalue weighted by atomic mass is 9.91. The minimum atomic E-state index is -1.17. The molecule has 16 heavy (non-hydrogen) atoms. The number of carboxylic acid groups (broad SMARTS) is 1. The second-order valence-electron chi connectivity index (χ2n) is 4.19. The second-order valence-corrected chi connectivity index (χ2v) is 4.19. The van der Waals surface area contributed by atoms with Gasteiger partial charge < -0.3 is 10.2 Å². The largest absolute Gasteiger partial charge is 0.481 e. The molecule has 0 amide bonds. The summed E-state index contributed by atoms with van der Waals surface area (Å²) in [5, 5.41) is 18.9. The SMILES string of the molecule is O=C(O)CCC1(O)CCc2c(F)cccc21. The zero-order chi connectivity index (χ0) is 11.8. The van der Waals surface area contributed by atoms with E-state index in [2.05, 4.69) is 0 Å². The number of carboxylic acids is 1. The first-order valence-electron chi connectivity index (χ1n) is 5.25. The molecule has 0 aliphatic heterocycles. The van der Waals surface area contributed by atoms with Crippen LogP contribution in [0.5, 0.6) is 0 Å². The summed E-state index contributed by atoms with van der Waals surface area (Å²) >= 11 is 0. The molecule has 0 saturated carbocycles. The zero-order valence-corrected chi connectivity index (χ0v) is 8.74. The number of fused-ring (bicyclic) bond motifs is 1. The molecule has 4 heteroatoms. The van der Waals surface area contributed by atoms with Crippen molar-refractivity contribution < 1.29 is 19.4 Å². The molecule has 0 saturated heterocycles. The molecule has 3 nitrogen and oxygen atoms in total. The lowest BCUT2D eigenvalue weighted by Gasteiger charge is -2.23. The van der Waals surface area contributed by atoms with E-state index in [9.17, 15) is 14.3 Å². The van der Waals surface area contributed by atoms with E-state index in [4.69, 9.17) is 5.11 Å². The molecule has 2 rings (SSSR count). The highest BCUT2D eigenvalue weighted by Crippen LogP contribution is 2.40. The van der Waals surface area contributed by atoms with Crippen LogP contribution in [0.25, 0.3) is 0 Å². The molecule has 2 N–H and O–H groups in total. The van der Waals surface area contributed by atoms with E-state index in [0.717, 1.165) is 0 Å². The summed E-state index contributed by atoms with van der Waals surface area (Å²) in [7, 11) is 0.